The quantitative estimate of drug-likeness (QED) is 0.624. The normalized spacial score (nSPS) is 18.2. The van der Waals surface area contributed by atoms with Crippen LogP contribution in [0.5, 0.6) is 0 Å². The third-order valence-electron chi connectivity index (χ3n) is 5.38. The van der Waals surface area contributed by atoms with Crippen LogP contribution in [0.4, 0.5) is 0 Å². The number of aromatic nitrogens is 3. The molecule has 0 aliphatic carbocycles. The molecule has 1 saturated heterocycles. The summed E-state index contributed by atoms with van der Waals surface area (Å²) in [6, 6.07) is 9.22. The number of piperidine rings is 1. The van der Waals surface area contributed by atoms with Crippen molar-refractivity contribution in [3.63, 3.8) is 0 Å². The summed E-state index contributed by atoms with van der Waals surface area (Å²) in [6.45, 7) is 7.64. The maximum absolute atomic E-state index is 4.47. The van der Waals surface area contributed by atoms with Gasteiger partial charge in [-0.2, -0.15) is 0 Å². The Hall–Kier alpha value is -2.02. The highest BCUT2D eigenvalue weighted by Crippen LogP contribution is 2.22. The molecule has 27 heavy (non-hydrogen) atoms. The Morgan fingerprint density at radius 1 is 1.22 bits per heavy atom. The summed E-state index contributed by atoms with van der Waals surface area (Å²) in [6.07, 6.45) is 10.3. The lowest BCUT2D eigenvalue weighted by Crippen LogP contribution is -2.47. The molecule has 0 spiro atoms. The SMILES string of the molecule is CCN(Cc1ccncc1)C1CCCN(Cc2cccn2-c2nccs2)C1. The first-order chi connectivity index (χ1) is 13.3. The summed E-state index contributed by atoms with van der Waals surface area (Å²) in [5.41, 5.74) is 2.67. The smallest absolute Gasteiger partial charge is 0.193 e. The Bertz CT molecular complexity index is 814. The lowest BCUT2D eigenvalue weighted by molar-refractivity contribution is 0.0908. The van der Waals surface area contributed by atoms with Crippen LogP contribution in [0, 0.1) is 0 Å². The monoisotopic (exact) mass is 381 g/mol. The first-order valence-electron chi connectivity index (χ1n) is 9.75. The molecule has 4 heterocycles. The van der Waals surface area contributed by atoms with Crippen LogP contribution in [0.25, 0.3) is 5.13 Å². The highest BCUT2D eigenvalue weighted by Gasteiger charge is 2.25. The fourth-order valence-corrected chi connectivity index (χ4v) is 4.65. The minimum atomic E-state index is 0.611. The molecule has 1 fully saturated rings. The molecule has 0 amide bonds. The lowest BCUT2D eigenvalue weighted by Gasteiger charge is -2.39. The Morgan fingerprint density at radius 2 is 2.11 bits per heavy atom. The van der Waals surface area contributed by atoms with Gasteiger partial charge >= 0.3 is 0 Å². The van der Waals surface area contributed by atoms with Gasteiger partial charge in [-0.25, -0.2) is 4.98 Å². The van der Waals surface area contributed by atoms with Crippen LogP contribution in [0.2, 0.25) is 0 Å². The van der Waals surface area contributed by atoms with E-state index in [1.165, 1.54) is 30.6 Å². The van der Waals surface area contributed by atoms with Crippen LogP contribution < -0.4 is 0 Å². The van der Waals surface area contributed by atoms with E-state index < -0.39 is 0 Å². The molecule has 0 N–H and O–H groups in total. The minimum Gasteiger partial charge on any atom is -0.296 e. The molecule has 6 heteroatoms. The topological polar surface area (TPSA) is 37.2 Å². The summed E-state index contributed by atoms with van der Waals surface area (Å²) in [7, 11) is 0. The van der Waals surface area contributed by atoms with Crippen molar-refractivity contribution in [1.29, 1.82) is 0 Å². The zero-order valence-electron chi connectivity index (χ0n) is 15.9. The van der Waals surface area contributed by atoms with Gasteiger partial charge in [-0.05, 0) is 55.8 Å². The molecule has 0 aromatic carbocycles. The van der Waals surface area contributed by atoms with Crippen molar-refractivity contribution < 1.29 is 0 Å². The Balaban J connectivity index is 1.41. The number of pyridine rings is 1. The molecule has 0 bridgehead atoms. The minimum absolute atomic E-state index is 0.611. The molecule has 3 aromatic rings. The summed E-state index contributed by atoms with van der Waals surface area (Å²) in [5.74, 6) is 0. The van der Waals surface area contributed by atoms with Gasteiger partial charge in [-0.3, -0.25) is 19.4 Å². The number of rotatable bonds is 7. The zero-order chi connectivity index (χ0) is 18.5. The predicted molar refractivity (Wildman–Crippen MR) is 110 cm³/mol. The maximum Gasteiger partial charge on any atom is 0.193 e. The zero-order valence-corrected chi connectivity index (χ0v) is 16.7. The molecule has 3 aromatic heterocycles. The second-order valence-corrected chi connectivity index (χ2v) is 8.01. The van der Waals surface area contributed by atoms with Gasteiger partial charge in [0.2, 0.25) is 0 Å². The second kappa shape index (κ2) is 8.78. The Kier molecular flexibility index (Phi) is 5.97. The van der Waals surface area contributed by atoms with Crippen molar-refractivity contribution in [2.75, 3.05) is 19.6 Å². The van der Waals surface area contributed by atoms with Crippen molar-refractivity contribution >= 4 is 11.3 Å². The van der Waals surface area contributed by atoms with Gasteiger partial charge in [0, 0.05) is 61.5 Å². The molecule has 1 aliphatic heterocycles. The summed E-state index contributed by atoms with van der Waals surface area (Å²) < 4.78 is 2.23. The highest BCUT2D eigenvalue weighted by atomic mass is 32.1. The van der Waals surface area contributed by atoms with E-state index >= 15 is 0 Å². The van der Waals surface area contributed by atoms with Crippen molar-refractivity contribution in [1.82, 2.24) is 24.3 Å². The van der Waals surface area contributed by atoms with Crippen LogP contribution in [-0.2, 0) is 13.1 Å². The van der Waals surface area contributed by atoms with Crippen LogP contribution in [0.1, 0.15) is 31.0 Å². The summed E-state index contributed by atoms with van der Waals surface area (Å²) in [5, 5.41) is 3.09. The average molecular weight is 382 g/mol. The van der Waals surface area contributed by atoms with Gasteiger partial charge in [-0.1, -0.05) is 6.92 Å². The number of likely N-dealkylation sites (N-methyl/N-ethyl adjacent to an activating group) is 1. The van der Waals surface area contributed by atoms with Crippen LogP contribution in [0.3, 0.4) is 0 Å². The van der Waals surface area contributed by atoms with E-state index in [0.717, 1.165) is 31.3 Å². The lowest BCUT2D eigenvalue weighted by atomic mass is 10.0. The van der Waals surface area contributed by atoms with Crippen molar-refractivity contribution in [3.8, 4) is 5.13 Å². The fraction of sp³-hybridized carbons (Fsp3) is 0.429. The van der Waals surface area contributed by atoms with Crippen molar-refractivity contribution in [2.45, 2.75) is 38.9 Å². The first kappa shape index (κ1) is 18.3. The number of nitrogens with zero attached hydrogens (tertiary/aromatic N) is 5. The third kappa shape index (κ3) is 4.46. The van der Waals surface area contributed by atoms with E-state index in [0.29, 0.717) is 6.04 Å². The molecule has 5 nitrogen and oxygen atoms in total. The molecule has 0 saturated carbocycles. The second-order valence-electron chi connectivity index (χ2n) is 7.13. The van der Waals surface area contributed by atoms with Gasteiger partial charge in [0.15, 0.2) is 5.13 Å². The molecule has 1 unspecified atom stereocenters. The van der Waals surface area contributed by atoms with Crippen LogP contribution in [0.15, 0.2) is 54.4 Å². The van der Waals surface area contributed by atoms with Crippen LogP contribution in [-0.4, -0.2) is 50.0 Å². The maximum atomic E-state index is 4.47. The standard InChI is InChI=1S/C21H27N5S/c1-2-25(15-18-7-9-22-10-8-18)19-5-3-12-24(16-19)17-20-6-4-13-26(20)21-23-11-14-27-21/h4,6-11,13-14,19H,2-3,5,12,15-17H2,1H3. The molecule has 142 valence electrons. The molecular formula is C21H27N5S. The van der Waals surface area contributed by atoms with E-state index in [1.54, 1.807) is 11.3 Å². The molecule has 4 rings (SSSR count). The van der Waals surface area contributed by atoms with E-state index in [-0.39, 0.29) is 0 Å². The molecule has 1 aliphatic rings. The summed E-state index contributed by atoms with van der Waals surface area (Å²) in [4.78, 5) is 13.8. The summed E-state index contributed by atoms with van der Waals surface area (Å²) >= 11 is 1.69. The Labute approximate surface area is 165 Å². The number of hydrogen-bond acceptors (Lipinski definition) is 5. The van der Waals surface area contributed by atoms with Gasteiger partial charge in [0.25, 0.3) is 0 Å². The number of likely N-dealkylation sites (tertiary alicyclic amines) is 1. The first-order valence-corrected chi connectivity index (χ1v) is 10.6. The van der Waals surface area contributed by atoms with E-state index in [4.69, 9.17) is 0 Å². The molecule has 0 radical (unpaired) electrons. The Morgan fingerprint density at radius 3 is 2.89 bits per heavy atom. The van der Waals surface area contributed by atoms with Crippen molar-refractivity contribution in [2.24, 2.45) is 0 Å². The fourth-order valence-electron chi connectivity index (χ4n) is 3.99. The van der Waals surface area contributed by atoms with Gasteiger partial charge in [-0.15, -0.1) is 11.3 Å². The van der Waals surface area contributed by atoms with E-state index in [9.17, 15) is 0 Å². The highest BCUT2D eigenvalue weighted by molar-refractivity contribution is 7.12. The van der Waals surface area contributed by atoms with Gasteiger partial charge in [0.1, 0.15) is 0 Å². The van der Waals surface area contributed by atoms with Crippen molar-refractivity contribution in [3.05, 3.63) is 65.7 Å². The number of hydrogen-bond donors (Lipinski definition) is 0. The molecule has 1 atom stereocenters. The largest absolute Gasteiger partial charge is 0.296 e. The van der Waals surface area contributed by atoms with Gasteiger partial charge < -0.3 is 0 Å². The predicted octanol–water partition coefficient (Wildman–Crippen LogP) is 3.82. The number of thiazole rings is 1. The van der Waals surface area contributed by atoms with E-state index in [2.05, 4.69) is 61.7 Å². The van der Waals surface area contributed by atoms with E-state index in [1.807, 2.05) is 24.0 Å². The molecular weight excluding hydrogens is 354 g/mol. The van der Waals surface area contributed by atoms with Crippen LogP contribution >= 0.6 is 11.3 Å². The van der Waals surface area contributed by atoms with Gasteiger partial charge in [0.05, 0.1) is 0 Å². The third-order valence-corrected chi connectivity index (χ3v) is 6.15. The average Bonchev–Trinajstić information content (AvgIpc) is 3.39.